The van der Waals surface area contributed by atoms with Crippen LogP contribution < -0.4 is 15.8 Å². The van der Waals surface area contributed by atoms with Crippen molar-refractivity contribution in [2.45, 2.75) is 6.92 Å². The number of aromatic nitrogens is 4. The zero-order chi connectivity index (χ0) is 19.7. The topological polar surface area (TPSA) is 90.9 Å². The molecule has 2 aromatic heterocycles. The summed E-state index contributed by atoms with van der Waals surface area (Å²) >= 11 is 4.97. The minimum atomic E-state index is 0.0996. The molecule has 0 bridgehead atoms. The highest BCUT2D eigenvalue weighted by Crippen LogP contribution is 2.32. The summed E-state index contributed by atoms with van der Waals surface area (Å²) in [6, 6.07) is 17.5. The lowest BCUT2D eigenvalue weighted by molar-refractivity contribution is 0.415. The van der Waals surface area contributed by atoms with E-state index < -0.39 is 0 Å². The van der Waals surface area contributed by atoms with Crippen LogP contribution in [0.3, 0.4) is 0 Å². The van der Waals surface area contributed by atoms with Gasteiger partial charge in [0, 0.05) is 5.56 Å². The third kappa shape index (κ3) is 3.25. The van der Waals surface area contributed by atoms with Crippen LogP contribution in [0, 0.1) is 6.92 Å². The highest BCUT2D eigenvalue weighted by Gasteiger charge is 2.19. The third-order valence-electron chi connectivity index (χ3n) is 4.30. The van der Waals surface area contributed by atoms with Gasteiger partial charge in [0.15, 0.2) is 10.8 Å². The first-order valence-electron chi connectivity index (χ1n) is 8.60. The average Bonchev–Trinajstić information content (AvgIpc) is 3.04. The number of anilines is 1. The quantitative estimate of drug-likeness (QED) is 0.516. The Morgan fingerprint density at radius 3 is 2.43 bits per heavy atom. The van der Waals surface area contributed by atoms with Gasteiger partial charge in [-0.1, -0.05) is 18.2 Å². The smallest absolute Gasteiger partial charge is 0.231 e. The Hall–Kier alpha value is -3.52. The molecule has 2 aromatic carbocycles. The number of ether oxygens (including phenoxy) is 1. The summed E-state index contributed by atoms with van der Waals surface area (Å²) in [6.45, 7) is 1.94. The third-order valence-corrected chi connectivity index (χ3v) is 4.40. The maximum Gasteiger partial charge on any atom is 0.231 e. The Morgan fingerprint density at radius 2 is 1.79 bits per heavy atom. The minimum Gasteiger partial charge on any atom is -0.497 e. The van der Waals surface area contributed by atoms with Crippen molar-refractivity contribution in [2.24, 2.45) is 5.73 Å². The van der Waals surface area contributed by atoms with Gasteiger partial charge in [0.25, 0.3) is 0 Å². The van der Waals surface area contributed by atoms with Gasteiger partial charge < -0.3 is 15.8 Å². The van der Waals surface area contributed by atoms with Crippen molar-refractivity contribution in [1.29, 1.82) is 0 Å². The van der Waals surface area contributed by atoms with Gasteiger partial charge in [-0.15, -0.1) is 0 Å². The molecule has 0 unspecified atom stereocenters. The highest BCUT2D eigenvalue weighted by molar-refractivity contribution is 7.80. The maximum absolute atomic E-state index is 5.65. The number of aryl methyl sites for hydroxylation is 1. The number of hydrogen-bond donors (Lipinski definition) is 2. The van der Waals surface area contributed by atoms with Crippen molar-refractivity contribution < 1.29 is 4.74 Å². The fourth-order valence-corrected chi connectivity index (χ4v) is 3.15. The first-order valence-corrected chi connectivity index (χ1v) is 9.01. The zero-order valence-corrected chi connectivity index (χ0v) is 16.2. The number of hydrogen-bond acceptors (Lipinski definition) is 5. The van der Waals surface area contributed by atoms with E-state index in [1.165, 1.54) is 0 Å². The molecule has 8 heteroatoms. The molecule has 0 aliphatic carbocycles. The Bertz CT molecular complexity index is 1160. The van der Waals surface area contributed by atoms with Crippen LogP contribution in [0.5, 0.6) is 5.75 Å². The highest BCUT2D eigenvalue weighted by atomic mass is 32.1. The number of fused-ring (bicyclic) bond motifs is 1. The zero-order valence-electron chi connectivity index (χ0n) is 15.4. The van der Waals surface area contributed by atoms with Crippen LogP contribution in [0.4, 0.5) is 5.95 Å². The lowest BCUT2D eigenvalue weighted by Crippen LogP contribution is -2.20. The predicted molar refractivity (Wildman–Crippen MR) is 114 cm³/mol. The number of rotatable bonds is 4. The number of benzene rings is 2. The SMILES string of the molecule is COc1ccc(-c2nc(NC(N)=S)nc3c2c(C)nn3-c2ccccc2)cc1. The second-order valence-corrected chi connectivity index (χ2v) is 6.58. The molecule has 140 valence electrons. The first kappa shape index (κ1) is 17.9. The fourth-order valence-electron chi connectivity index (χ4n) is 3.06. The van der Waals surface area contributed by atoms with E-state index in [1.807, 2.05) is 61.5 Å². The van der Waals surface area contributed by atoms with Crippen molar-refractivity contribution in [3.8, 4) is 22.7 Å². The van der Waals surface area contributed by atoms with Crippen LogP contribution in [0.2, 0.25) is 0 Å². The molecule has 0 atom stereocenters. The van der Waals surface area contributed by atoms with E-state index in [1.54, 1.807) is 11.8 Å². The lowest BCUT2D eigenvalue weighted by Gasteiger charge is -2.09. The first-order chi connectivity index (χ1) is 13.6. The van der Waals surface area contributed by atoms with E-state index in [4.69, 9.17) is 27.8 Å². The molecule has 0 saturated heterocycles. The van der Waals surface area contributed by atoms with Gasteiger partial charge in [-0.2, -0.15) is 10.1 Å². The van der Waals surface area contributed by atoms with Gasteiger partial charge in [-0.25, -0.2) is 9.67 Å². The Labute approximate surface area is 167 Å². The van der Waals surface area contributed by atoms with Gasteiger partial charge in [0.05, 0.1) is 29.6 Å². The number of nitrogens with zero attached hydrogens (tertiary/aromatic N) is 4. The molecule has 0 amide bonds. The Balaban J connectivity index is 1.99. The molecule has 4 aromatic rings. The molecule has 0 aliphatic rings. The predicted octanol–water partition coefficient (Wildman–Crippen LogP) is 3.46. The summed E-state index contributed by atoms with van der Waals surface area (Å²) in [5.41, 5.74) is 9.70. The Kier molecular flexibility index (Phi) is 4.62. The molecule has 4 rings (SSSR count). The van der Waals surface area contributed by atoms with E-state index in [9.17, 15) is 0 Å². The molecule has 2 heterocycles. The molecule has 3 N–H and O–H groups in total. The van der Waals surface area contributed by atoms with Crippen LogP contribution >= 0.6 is 12.2 Å². The normalized spacial score (nSPS) is 10.8. The second kappa shape index (κ2) is 7.24. The standard InChI is InChI=1S/C20H18N6OS/c1-12-16-17(13-8-10-15(27-2)11-9-13)22-20(24-19(21)28)23-18(16)26(25-12)14-6-4-3-5-7-14/h3-11H,1-2H3,(H3,21,22,23,24,28). The van der Waals surface area contributed by atoms with Crippen molar-refractivity contribution in [1.82, 2.24) is 19.7 Å². The van der Waals surface area contributed by atoms with Gasteiger partial charge in [-0.3, -0.25) is 0 Å². The number of para-hydroxylation sites is 1. The van der Waals surface area contributed by atoms with Gasteiger partial charge in [0.1, 0.15) is 5.75 Å². The summed E-state index contributed by atoms with van der Waals surface area (Å²) in [5.74, 6) is 1.09. The summed E-state index contributed by atoms with van der Waals surface area (Å²) in [5, 5.41) is 8.50. The van der Waals surface area contributed by atoms with Crippen LogP contribution in [-0.2, 0) is 0 Å². The molecule has 0 radical (unpaired) electrons. The van der Waals surface area contributed by atoms with E-state index >= 15 is 0 Å². The molecule has 0 saturated carbocycles. The van der Waals surface area contributed by atoms with E-state index in [2.05, 4.69) is 15.3 Å². The van der Waals surface area contributed by atoms with Crippen molar-refractivity contribution in [2.75, 3.05) is 12.4 Å². The Morgan fingerprint density at radius 1 is 1.07 bits per heavy atom. The molecule has 0 spiro atoms. The molecular formula is C20H18N6OS. The molecule has 28 heavy (non-hydrogen) atoms. The molecular weight excluding hydrogens is 372 g/mol. The summed E-state index contributed by atoms with van der Waals surface area (Å²) in [6.07, 6.45) is 0. The summed E-state index contributed by atoms with van der Waals surface area (Å²) in [4.78, 5) is 9.27. The average molecular weight is 390 g/mol. The fraction of sp³-hybridized carbons (Fsp3) is 0.100. The second-order valence-electron chi connectivity index (χ2n) is 6.14. The van der Waals surface area contributed by atoms with Gasteiger partial charge in [0.2, 0.25) is 5.95 Å². The number of methoxy groups -OCH3 is 1. The molecule has 0 aliphatic heterocycles. The van der Waals surface area contributed by atoms with Crippen LogP contribution in [0.25, 0.3) is 28.0 Å². The minimum absolute atomic E-state index is 0.0996. The van der Waals surface area contributed by atoms with E-state index in [0.29, 0.717) is 11.6 Å². The van der Waals surface area contributed by atoms with Gasteiger partial charge in [-0.05, 0) is 55.5 Å². The van der Waals surface area contributed by atoms with Gasteiger partial charge >= 0.3 is 0 Å². The lowest BCUT2D eigenvalue weighted by atomic mass is 10.1. The van der Waals surface area contributed by atoms with Crippen LogP contribution in [0.1, 0.15) is 5.69 Å². The number of thiocarbonyl (C=S) groups is 1. The molecule has 7 nitrogen and oxygen atoms in total. The maximum atomic E-state index is 5.65. The van der Waals surface area contributed by atoms with Crippen LogP contribution in [-0.4, -0.2) is 32.0 Å². The molecule has 0 fully saturated rings. The van der Waals surface area contributed by atoms with Crippen LogP contribution in [0.15, 0.2) is 54.6 Å². The van der Waals surface area contributed by atoms with Crippen molar-refractivity contribution in [3.63, 3.8) is 0 Å². The van der Waals surface area contributed by atoms with Crippen molar-refractivity contribution >= 4 is 34.3 Å². The van der Waals surface area contributed by atoms with Crippen molar-refractivity contribution in [3.05, 3.63) is 60.3 Å². The largest absolute Gasteiger partial charge is 0.497 e. The number of nitrogens with one attached hydrogen (secondary N) is 1. The van der Waals surface area contributed by atoms with E-state index in [0.717, 1.165) is 33.8 Å². The summed E-state index contributed by atoms with van der Waals surface area (Å²) < 4.78 is 7.06. The number of nitrogens with two attached hydrogens (primary N) is 1. The monoisotopic (exact) mass is 390 g/mol. The summed E-state index contributed by atoms with van der Waals surface area (Å²) in [7, 11) is 1.64. The van der Waals surface area contributed by atoms with E-state index in [-0.39, 0.29) is 5.11 Å².